The predicted octanol–water partition coefficient (Wildman–Crippen LogP) is 4.44. The van der Waals surface area contributed by atoms with Gasteiger partial charge in [0.15, 0.2) is 0 Å². The van der Waals surface area contributed by atoms with E-state index in [4.69, 9.17) is 0 Å². The van der Waals surface area contributed by atoms with Crippen LogP contribution in [0.5, 0.6) is 0 Å². The fourth-order valence-corrected chi connectivity index (χ4v) is 4.58. The Hall–Kier alpha value is -3.41. The molecule has 0 bridgehead atoms. The molecule has 1 fully saturated rings. The van der Waals surface area contributed by atoms with Gasteiger partial charge < -0.3 is 14.9 Å². The summed E-state index contributed by atoms with van der Waals surface area (Å²) in [4.78, 5) is 29.0. The third kappa shape index (κ3) is 4.17. The van der Waals surface area contributed by atoms with Crippen molar-refractivity contribution < 1.29 is 19.1 Å². The van der Waals surface area contributed by atoms with Crippen molar-refractivity contribution >= 4 is 28.3 Å². The van der Waals surface area contributed by atoms with Crippen LogP contribution >= 0.6 is 0 Å². The van der Waals surface area contributed by atoms with Crippen molar-refractivity contribution in [2.24, 2.45) is 0 Å². The van der Waals surface area contributed by atoms with Gasteiger partial charge in [0.2, 0.25) is 0 Å². The summed E-state index contributed by atoms with van der Waals surface area (Å²) in [5, 5.41) is 10.5. The molecule has 0 aromatic heterocycles. The van der Waals surface area contributed by atoms with Crippen LogP contribution in [0, 0.1) is 12.7 Å². The monoisotopic (exact) mass is 434 g/mol. The van der Waals surface area contributed by atoms with Gasteiger partial charge in [-0.25, -0.2) is 4.39 Å². The van der Waals surface area contributed by atoms with Crippen molar-refractivity contribution in [3.63, 3.8) is 0 Å². The number of rotatable bonds is 5. The van der Waals surface area contributed by atoms with Crippen LogP contribution in [-0.4, -0.2) is 48.1 Å². The highest BCUT2D eigenvalue weighted by Crippen LogP contribution is 2.29. The number of anilines is 1. The van der Waals surface area contributed by atoms with Gasteiger partial charge in [-0.2, -0.15) is 0 Å². The smallest absolute Gasteiger partial charge is 0.307 e. The second kappa shape index (κ2) is 8.99. The van der Waals surface area contributed by atoms with E-state index < -0.39 is 11.8 Å². The van der Waals surface area contributed by atoms with E-state index in [9.17, 15) is 19.1 Å². The van der Waals surface area contributed by atoms with Crippen LogP contribution in [0.1, 0.15) is 34.0 Å². The van der Waals surface area contributed by atoms with Crippen LogP contribution in [0.2, 0.25) is 0 Å². The molecule has 1 N–H and O–H groups in total. The molecule has 3 aromatic rings. The molecule has 0 spiro atoms. The molecule has 1 amide bonds. The third-order valence-corrected chi connectivity index (χ3v) is 6.31. The number of carbonyl (C=O) groups excluding carboxylic acids is 1. The van der Waals surface area contributed by atoms with Crippen LogP contribution in [-0.2, 0) is 17.6 Å². The third-order valence-electron chi connectivity index (χ3n) is 6.31. The number of benzene rings is 3. The number of carboxylic acid groups (broad SMARTS) is 1. The summed E-state index contributed by atoms with van der Waals surface area (Å²) in [5.74, 6) is -1.55. The number of carboxylic acids is 1. The number of amides is 1. The first-order chi connectivity index (χ1) is 15.4. The fourth-order valence-electron chi connectivity index (χ4n) is 4.58. The lowest BCUT2D eigenvalue weighted by molar-refractivity contribution is -0.136. The highest BCUT2D eigenvalue weighted by atomic mass is 19.1. The van der Waals surface area contributed by atoms with Crippen molar-refractivity contribution in [3.8, 4) is 0 Å². The topological polar surface area (TPSA) is 60.9 Å². The Balaban J connectivity index is 1.65. The summed E-state index contributed by atoms with van der Waals surface area (Å²) in [5.41, 5.74) is 4.07. The minimum atomic E-state index is -0.962. The van der Waals surface area contributed by atoms with Crippen LogP contribution in [0.3, 0.4) is 0 Å². The maximum absolute atomic E-state index is 14.0. The molecule has 1 saturated heterocycles. The Morgan fingerprint density at radius 2 is 1.72 bits per heavy atom. The summed E-state index contributed by atoms with van der Waals surface area (Å²) in [6.07, 6.45) is 0.767. The van der Waals surface area contributed by atoms with Crippen molar-refractivity contribution in [1.29, 1.82) is 0 Å². The van der Waals surface area contributed by atoms with Crippen LogP contribution in [0.25, 0.3) is 10.8 Å². The standard InChI is InChI=1S/C26H27FN2O3/c1-3-18-6-4-5-7-23(18)28-10-12-29(13-11-28)26(32)25-17(2)20(15-24(30)31)14-19-8-9-21(27)16-22(19)25/h4-9,14,16H,3,10-13,15H2,1-2H3,(H,30,31). The maximum Gasteiger partial charge on any atom is 0.307 e. The number of hydrogen-bond donors (Lipinski definition) is 1. The van der Waals surface area contributed by atoms with Crippen molar-refractivity contribution in [2.75, 3.05) is 31.1 Å². The van der Waals surface area contributed by atoms with Gasteiger partial charge in [0.05, 0.1) is 12.0 Å². The fraction of sp³-hybridized carbons (Fsp3) is 0.308. The van der Waals surface area contributed by atoms with E-state index in [1.807, 2.05) is 12.1 Å². The van der Waals surface area contributed by atoms with Gasteiger partial charge in [-0.1, -0.05) is 37.3 Å². The van der Waals surface area contributed by atoms with E-state index in [1.165, 1.54) is 23.4 Å². The average Bonchev–Trinajstić information content (AvgIpc) is 2.79. The second-order valence-electron chi connectivity index (χ2n) is 8.23. The van der Waals surface area contributed by atoms with Gasteiger partial charge in [-0.3, -0.25) is 9.59 Å². The molecule has 1 aliphatic heterocycles. The molecule has 4 rings (SSSR count). The van der Waals surface area contributed by atoms with E-state index in [-0.39, 0.29) is 12.3 Å². The summed E-state index contributed by atoms with van der Waals surface area (Å²) >= 11 is 0. The minimum Gasteiger partial charge on any atom is -0.481 e. The lowest BCUT2D eigenvalue weighted by Crippen LogP contribution is -2.49. The number of nitrogens with zero attached hydrogens (tertiary/aromatic N) is 2. The SMILES string of the molecule is CCc1ccccc1N1CCN(C(=O)c2c(C)c(CC(=O)O)cc3ccc(F)cc23)CC1. The van der Waals surface area contributed by atoms with Gasteiger partial charge in [-0.05, 0) is 59.0 Å². The van der Waals surface area contributed by atoms with Gasteiger partial charge in [0.25, 0.3) is 5.91 Å². The first-order valence-electron chi connectivity index (χ1n) is 10.9. The Morgan fingerprint density at radius 1 is 1.00 bits per heavy atom. The van der Waals surface area contributed by atoms with Gasteiger partial charge >= 0.3 is 5.97 Å². The van der Waals surface area contributed by atoms with Crippen molar-refractivity contribution in [1.82, 2.24) is 4.90 Å². The summed E-state index contributed by atoms with van der Waals surface area (Å²) in [6.45, 7) is 6.41. The Morgan fingerprint density at radius 3 is 2.41 bits per heavy atom. The molecule has 0 aliphatic carbocycles. The molecule has 32 heavy (non-hydrogen) atoms. The summed E-state index contributed by atoms with van der Waals surface area (Å²) < 4.78 is 14.0. The normalized spacial score (nSPS) is 14.1. The minimum absolute atomic E-state index is 0.172. The Labute approximate surface area is 187 Å². The molecule has 0 saturated carbocycles. The maximum atomic E-state index is 14.0. The number of piperazine rings is 1. The lowest BCUT2D eigenvalue weighted by atomic mass is 9.92. The van der Waals surface area contributed by atoms with E-state index >= 15 is 0 Å². The van der Waals surface area contributed by atoms with Gasteiger partial charge in [-0.15, -0.1) is 0 Å². The molecule has 5 nitrogen and oxygen atoms in total. The van der Waals surface area contributed by atoms with Crippen LogP contribution < -0.4 is 4.90 Å². The molecule has 166 valence electrons. The highest BCUT2D eigenvalue weighted by Gasteiger charge is 2.27. The van der Waals surface area contributed by atoms with E-state index in [0.717, 1.165) is 6.42 Å². The summed E-state index contributed by atoms with van der Waals surface area (Å²) in [6, 6.07) is 14.4. The lowest BCUT2D eigenvalue weighted by Gasteiger charge is -2.37. The first-order valence-corrected chi connectivity index (χ1v) is 10.9. The number of para-hydroxylation sites is 1. The van der Waals surface area contributed by atoms with Crippen LogP contribution in [0.4, 0.5) is 10.1 Å². The zero-order valence-corrected chi connectivity index (χ0v) is 18.4. The zero-order chi connectivity index (χ0) is 22.8. The number of hydrogen-bond acceptors (Lipinski definition) is 3. The number of fused-ring (bicyclic) bond motifs is 1. The molecular formula is C26H27FN2O3. The molecule has 0 radical (unpaired) electrons. The Kier molecular flexibility index (Phi) is 6.12. The van der Waals surface area contributed by atoms with E-state index in [2.05, 4.69) is 24.0 Å². The van der Waals surface area contributed by atoms with E-state index in [0.29, 0.717) is 53.6 Å². The second-order valence-corrected chi connectivity index (χ2v) is 8.23. The molecule has 0 atom stereocenters. The number of carbonyl (C=O) groups is 2. The van der Waals surface area contributed by atoms with Crippen LogP contribution in [0.15, 0.2) is 48.5 Å². The van der Waals surface area contributed by atoms with Crippen molar-refractivity contribution in [2.45, 2.75) is 26.7 Å². The quantitative estimate of drug-likeness (QED) is 0.645. The molecular weight excluding hydrogens is 407 g/mol. The van der Waals surface area contributed by atoms with Gasteiger partial charge in [0.1, 0.15) is 5.82 Å². The first kappa shape index (κ1) is 21.8. The number of halogens is 1. The molecule has 0 unspecified atom stereocenters. The zero-order valence-electron chi connectivity index (χ0n) is 18.4. The molecule has 1 heterocycles. The highest BCUT2D eigenvalue weighted by molar-refractivity contribution is 6.09. The Bertz CT molecular complexity index is 1180. The van der Waals surface area contributed by atoms with Crippen molar-refractivity contribution in [3.05, 3.63) is 76.6 Å². The summed E-state index contributed by atoms with van der Waals surface area (Å²) in [7, 11) is 0. The van der Waals surface area contributed by atoms with E-state index in [1.54, 1.807) is 24.0 Å². The molecule has 1 aliphatic rings. The number of aryl methyl sites for hydroxylation is 1. The molecule has 3 aromatic carbocycles. The largest absolute Gasteiger partial charge is 0.481 e. The predicted molar refractivity (Wildman–Crippen MR) is 124 cm³/mol. The van der Waals surface area contributed by atoms with Gasteiger partial charge in [0, 0.05) is 31.9 Å². The molecule has 6 heteroatoms. The number of aliphatic carboxylic acids is 1. The average molecular weight is 435 g/mol.